The van der Waals surface area contributed by atoms with E-state index in [0.29, 0.717) is 12.1 Å². The molecule has 1 unspecified atom stereocenters. The molecular weight excluding hydrogens is 250 g/mol. The number of likely N-dealkylation sites (N-methyl/N-ethyl adjacent to an activating group) is 1. The van der Waals surface area contributed by atoms with Crippen LogP contribution in [0.15, 0.2) is 41.0 Å². The summed E-state index contributed by atoms with van der Waals surface area (Å²) in [5.41, 5.74) is 6.24. The molecule has 0 saturated heterocycles. The van der Waals surface area contributed by atoms with Crippen molar-refractivity contribution in [1.29, 1.82) is 0 Å². The lowest BCUT2D eigenvalue weighted by Crippen LogP contribution is -2.30. The molecule has 1 aromatic heterocycles. The number of nitrogens with zero attached hydrogens (tertiary/aromatic N) is 1. The van der Waals surface area contributed by atoms with Crippen molar-refractivity contribution >= 4 is 0 Å². The van der Waals surface area contributed by atoms with Gasteiger partial charge in [0, 0.05) is 18.7 Å². The van der Waals surface area contributed by atoms with Crippen LogP contribution in [-0.4, -0.2) is 18.5 Å². The van der Waals surface area contributed by atoms with Gasteiger partial charge in [-0.15, -0.1) is 0 Å². The predicted octanol–water partition coefficient (Wildman–Crippen LogP) is 2.69. The average molecular weight is 266 g/mol. The zero-order chi connectivity index (χ0) is 13.8. The van der Waals surface area contributed by atoms with E-state index in [2.05, 4.69) is 0 Å². The first-order valence-corrected chi connectivity index (χ1v) is 5.99. The molecule has 1 atom stereocenters. The van der Waals surface area contributed by atoms with Crippen LogP contribution in [0, 0.1) is 11.6 Å². The highest BCUT2D eigenvalue weighted by molar-refractivity contribution is 5.22. The Kier molecular flexibility index (Phi) is 4.29. The summed E-state index contributed by atoms with van der Waals surface area (Å²) in [6.07, 6.45) is 1.59. The van der Waals surface area contributed by atoms with Gasteiger partial charge in [-0.2, -0.15) is 0 Å². The normalized spacial score (nSPS) is 12.9. The SMILES string of the molecule is CN(Cc1ccco1)C(CN)c1cc(F)cc(F)c1. The van der Waals surface area contributed by atoms with Crippen molar-refractivity contribution < 1.29 is 13.2 Å². The summed E-state index contributed by atoms with van der Waals surface area (Å²) in [7, 11) is 1.84. The summed E-state index contributed by atoms with van der Waals surface area (Å²) in [5.74, 6) is -0.419. The number of hydrogen-bond donors (Lipinski definition) is 1. The molecule has 0 spiro atoms. The number of furan rings is 1. The Morgan fingerprint density at radius 3 is 2.47 bits per heavy atom. The van der Waals surface area contributed by atoms with Gasteiger partial charge in [0.05, 0.1) is 12.8 Å². The second-order valence-corrected chi connectivity index (χ2v) is 4.45. The van der Waals surface area contributed by atoms with E-state index in [1.807, 2.05) is 18.0 Å². The number of rotatable bonds is 5. The molecular formula is C14H16F2N2O. The van der Waals surface area contributed by atoms with Gasteiger partial charge in [0.2, 0.25) is 0 Å². The minimum Gasteiger partial charge on any atom is -0.468 e. The fraction of sp³-hybridized carbons (Fsp3) is 0.286. The average Bonchev–Trinajstić information content (AvgIpc) is 2.81. The van der Waals surface area contributed by atoms with Crippen LogP contribution in [-0.2, 0) is 6.54 Å². The zero-order valence-corrected chi connectivity index (χ0v) is 10.6. The topological polar surface area (TPSA) is 42.4 Å². The van der Waals surface area contributed by atoms with E-state index in [0.717, 1.165) is 11.8 Å². The van der Waals surface area contributed by atoms with Crippen LogP contribution in [0.4, 0.5) is 8.78 Å². The predicted molar refractivity (Wildman–Crippen MR) is 68.3 cm³/mol. The molecule has 19 heavy (non-hydrogen) atoms. The van der Waals surface area contributed by atoms with Gasteiger partial charge in [0.15, 0.2) is 0 Å². The van der Waals surface area contributed by atoms with E-state index in [9.17, 15) is 8.78 Å². The molecule has 0 bridgehead atoms. The Morgan fingerprint density at radius 1 is 1.26 bits per heavy atom. The molecule has 2 aromatic rings. The van der Waals surface area contributed by atoms with Gasteiger partial charge < -0.3 is 10.2 Å². The third kappa shape index (κ3) is 3.39. The van der Waals surface area contributed by atoms with Crippen molar-refractivity contribution in [1.82, 2.24) is 4.90 Å². The van der Waals surface area contributed by atoms with E-state index < -0.39 is 11.6 Å². The van der Waals surface area contributed by atoms with Crippen LogP contribution in [0.3, 0.4) is 0 Å². The third-order valence-corrected chi connectivity index (χ3v) is 3.01. The second kappa shape index (κ2) is 5.95. The molecule has 2 N–H and O–H groups in total. The van der Waals surface area contributed by atoms with E-state index >= 15 is 0 Å². The van der Waals surface area contributed by atoms with Crippen molar-refractivity contribution in [3.05, 3.63) is 59.6 Å². The minimum absolute atomic E-state index is 0.264. The van der Waals surface area contributed by atoms with Gasteiger partial charge in [-0.25, -0.2) is 8.78 Å². The van der Waals surface area contributed by atoms with Gasteiger partial charge in [-0.3, -0.25) is 4.90 Å². The molecule has 0 aliphatic heterocycles. The summed E-state index contributed by atoms with van der Waals surface area (Å²) in [4.78, 5) is 1.90. The fourth-order valence-corrected chi connectivity index (χ4v) is 2.10. The molecule has 3 nitrogen and oxygen atoms in total. The summed E-state index contributed by atoms with van der Waals surface area (Å²) >= 11 is 0. The van der Waals surface area contributed by atoms with Gasteiger partial charge >= 0.3 is 0 Å². The smallest absolute Gasteiger partial charge is 0.126 e. The van der Waals surface area contributed by atoms with E-state index in [-0.39, 0.29) is 12.6 Å². The van der Waals surface area contributed by atoms with Gasteiger partial charge in [-0.1, -0.05) is 0 Å². The molecule has 102 valence electrons. The first kappa shape index (κ1) is 13.7. The van der Waals surface area contributed by atoms with Crippen LogP contribution in [0.2, 0.25) is 0 Å². The molecule has 0 radical (unpaired) electrons. The lowest BCUT2D eigenvalue weighted by atomic mass is 10.1. The highest BCUT2D eigenvalue weighted by atomic mass is 19.1. The summed E-state index contributed by atoms with van der Waals surface area (Å²) in [5, 5.41) is 0. The Balaban J connectivity index is 2.18. The molecule has 2 rings (SSSR count). The Hall–Kier alpha value is -1.72. The fourth-order valence-electron chi connectivity index (χ4n) is 2.10. The van der Waals surface area contributed by atoms with Gasteiger partial charge in [0.25, 0.3) is 0 Å². The van der Waals surface area contributed by atoms with Crippen molar-refractivity contribution in [3.8, 4) is 0 Å². The maximum absolute atomic E-state index is 13.2. The first-order valence-electron chi connectivity index (χ1n) is 5.99. The van der Waals surface area contributed by atoms with Crippen molar-refractivity contribution in [2.75, 3.05) is 13.6 Å². The first-order chi connectivity index (χ1) is 9.10. The van der Waals surface area contributed by atoms with Gasteiger partial charge in [0.1, 0.15) is 17.4 Å². The molecule has 0 aliphatic rings. The molecule has 0 amide bonds. The quantitative estimate of drug-likeness (QED) is 0.904. The molecule has 0 fully saturated rings. The van der Waals surface area contributed by atoms with Crippen molar-refractivity contribution in [3.63, 3.8) is 0 Å². The monoisotopic (exact) mass is 266 g/mol. The zero-order valence-electron chi connectivity index (χ0n) is 10.6. The molecule has 0 aliphatic carbocycles. The third-order valence-electron chi connectivity index (χ3n) is 3.01. The molecule has 1 heterocycles. The lowest BCUT2D eigenvalue weighted by Gasteiger charge is -2.26. The van der Waals surface area contributed by atoms with Crippen LogP contribution in [0.5, 0.6) is 0 Å². The number of hydrogen-bond acceptors (Lipinski definition) is 3. The molecule has 0 saturated carbocycles. The van der Waals surface area contributed by atoms with Crippen molar-refractivity contribution in [2.45, 2.75) is 12.6 Å². The highest BCUT2D eigenvalue weighted by Crippen LogP contribution is 2.22. The van der Waals surface area contributed by atoms with E-state index in [1.54, 1.807) is 12.3 Å². The maximum Gasteiger partial charge on any atom is 0.126 e. The maximum atomic E-state index is 13.2. The molecule has 1 aromatic carbocycles. The Morgan fingerprint density at radius 2 is 1.95 bits per heavy atom. The van der Waals surface area contributed by atoms with E-state index in [4.69, 9.17) is 10.2 Å². The minimum atomic E-state index is -0.597. The summed E-state index contributed by atoms with van der Waals surface area (Å²) in [6, 6.07) is 6.83. The number of halogens is 2. The van der Waals surface area contributed by atoms with Crippen LogP contribution < -0.4 is 5.73 Å². The van der Waals surface area contributed by atoms with Crippen LogP contribution in [0.25, 0.3) is 0 Å². The lowest BCUT2D eigenvalue weighted by molar-refractivity contribution is 0.222. The van der Waals surface area contributed by atoms with Gasteiger partial charge in [-0.05, 0) is 36.9 Å². The summed E-state index contributed by atoms with van der Waals surface area (Å²) < 4.78 is 31.7. The standard InChI is InChI=1S/C14H16F2N2O/c1-18(9-13-3-2-4-19-13)14(8-17)10-5-11(15)7-12(16)6-10/h2-7,14H,8-9,17H2,1H3. The summed E-state index contributed by atoms with van der Waals surface area (Å²) in [6.45, 7) is 0.785. The Labute approximate surface area is 110 Å². The highest BCUT2D eigenvalue weighted by Gasteiger charge is 2.18. The largest absolute Gasteiger partial charge is 0.468 e. The number of nitrogens with two attached hydrogens (primary N) is 1. The van der Waals surface area contributed by atoms with E-state index in [1.165, 1.54) is 12.1 Å². The Bertz CT molecular complexity index is 508. The molecule has 5 heteroatoms. The second-order valence-electron chi connectivity index (χ2n) is 4.45. The number of benzene rings is 1. The van der Waals surface area contributed by atoms with Crippen LogP contribution in [0.1, 0.15) is 17.4 Å². The van der Waals surface area contributed by atoms with Crippen LogP contribution >= 0.6 is 0 Å². The van der Waals surface area contributed by atoms with Crippen molar-refractivity contribution in [2.24, 2.45) is 5.73 Å².